The molecule has 0 radical (unpaired) electrons. The molecule has 5 heteroatoms. The van der Waals surface area contributed by atoms with Gasteiger partial charge in [0.05, 0.1) is 6.61 Å². The van der Waals surface area contributed by atoms with Crippen molar-refractivity contribution < 1.29 is 17.2 Å². The Morgan fingerprint density at radius 1 is 0.700 bits per heavy atom. The molecule has 0 saturated heterocycles. The molecule has 0 aromatic carbocycles. The van der Waals surface area contributed by atoms with Gasteiger partial charge in [-0.3, -0.25) is 4.55 Å². The molecular weight excluding hydrogens is 396 g/mol. The molecule has 0 aliphatic rings. The molecule has 0 aliphatic carbocycles. The number of hydrogen-bond donors (Lipinski definition) is 1. The zero-order chi connectivity index (χ0) is 22.3. The molecule has 30 heavy (non-hydrogen) atoms. The fourth-order valence-electron chi connectivity index (χ4n) is 3.81. The second kappa shape index (κ2) is 21.8. The second-order valence-corrected chi connectivity index (χ2v) is 9.87. The van der Waals surface area contributed by atoms with Gasteiger partial charge < -0.3 is 0 Å². The number of unbranched alkanes of at least 4 members (excludes halogenated alkanes) is 16. The van der Waals surface area contributed by atoms with Crippen molar-refractivity contribution in [3.8, 4) is 0 Å². The largest absolute Gasteiger partial charge is 0.397 e. The minimum absolute atomic E-state index is 0.0454. The standard InChI is InChI=1S/C25H50O4S/c1-3-5-7-9-11-13-15-17-19-21-23-25(24-29-30(26,27)28)22-20-18-16-14-12-10-8-6-4-2/h21,23,25H,3-20,22,24H2,1-2H3,(H,26,27,28)/b23-21+. The smallest absolute Gasteiger partial charge is 0.264 e. The summed E-state index contributed by atoms with van der Waals surface area (Å²) in [5, 5.41) is 0. The van der Waals surface area contributed by atoms with Crippen molar-refractivity contribution in [2.45, 2.75) is 136 Å². The summed E-state index contributed by atoms with van der Waals surface area (Å²) in [5.41, 5.74) is 0. The highest BCUT2D eigenvalue weighted by atomic mass is 32.3. The maximum absolute atomic E-state index is 10.9. The maximum Gasteiger partial charge on any atom is 0.397 e. The van der Waals surface area contributed by atoms with Crippen LogP contribution in [0.15, 0.2) is 12.2 Å². The van der Waals surface area contributed by atoms with Gasteiger partial charge in [0.2, 0.25) is 0 Å². The molecule has 1 unspecified atom stereocenters. The van der Waals surface area contributed by atoms with Crippen LogP contribution in [0.1, 0.15) is 136 Å². The fourth-order valence-corrected chi connectivity index (χ4v) is 4.16. The van der Waals surface area contributed by atoms with E-state index in [1.807, 2.05) is 0 Å². The molecule has 0 aromatic heterocycles. The Bertz CT molecular complexity index is 474. The quantitative estimate of drug-likeness (QED) is 0.0971. The van der Waals surface area contributed by atoms with Crippen LogP contribution < -0.4 is 0 Å². The van der Waals surface area contributed by atoms with E-state index in [1.165, 1.54) is 103 Å². The monoisotopic (exact) mass is 446 g/mol. The van der Waals surface area contributed by atoms with Gasteiger partial charge in [-0.05, 0) is 19.3 Å². The topological polar surface area (TPSA) is 63.6 Å². The molecule has 180 valence electrons. The molecule has 0 rings (SSSR count). The molecule has 0 aromatic rings. The lowest BCUT2D eigenvalue weighted by molar-refractivity contribution is 0.234. The van der Waals surface area contributed by atoms with Gasteiger partial charge in [-0.15, -0.1) is 0 Å². The number of hydrogen-bond acceptors (Lipinski definition) is 3. The predicted octanol–water partition coefficient (Wildman–Crippen LogP) is 8.43. The molecule has 1 atom stereocenters. The van der Waals surface area contributed by atoms with E-state index in [0.29, 0.717) is 0 Å². The third-order valence-corrected chi connectivity index (χ3v) is 6.18. The van der Waals surface area contributed by atoms with Crippen molar-refractivity contribution in [2.75, 3.05) is 6.61 Å². The first-order valence-corrected chi connectivity index (χ1v) is 14.1. The summed E-state index contributed by atoms with van der Waals surface area (Å²) in [6.07, 6.45) is 28.2. The molecule has 0 amide bonds. The van der Waals surface area contributed by atoms with Crippen LogP contribution in [0, 0.1) is 5.92 Å². The Kier molecular flexibility index (Phi) is 21.5. The summed E-state index contributed by atoms with van der Waals surface area (Å²) >= 11 is 0. The first-order valence-electron chi connectivity index (χ1n) is 12.8. The Hall–Kier alpha value is -0.390. The van der Waals surface area contributed by atoms with Crippen LogP contribution in [-0.2, 0) is 14.6 Å². The van der Waals surface area contributed by atoms with Crippen LogP contribution in [0.3, 0.4) is 0 Å². The molecule has 0 aliphatic heterocycles. The van der Waals surface area contributed by atoms with Gasteiger partial charge in [-0.2, -0.15) is 8.42 Å². The highest BCUT2D eigenvalue weighted by Gasteiger charge is 2.11. The molecule has 0 fully saturated rings. The fraction of sp³-hybridized carbons (Fsp3) is 0.920. The van der Waals surface area contributed by atoms with E-state index < -0.39 is 10.4 Å². The van der Waals surface area contributed by atoms with E-state index in [-0.39, 0.29) is 12.5 Å². The third-order valence-electron chi connectivity index (χ3n) is 5.74. The summed E-state index contributed by atoms with van der Waals surface area (Å²) < 4.78 is 35.3. The summed E-state index contributed by atoms with van der Waals surface area (Å²) in [6, 6.07) is 0. The lowest BCUT2D eigenvalue weighted by atomic mass is 9.99. The van der Waals surface area contributed by atoms with Crippen molar-refractivity contribution in [1.29, 1.82) is 0 Å². The first kappa shape index (κ1) is 29.6. The Morgan fingerprint density at radius 2 is 1.13 bits per heavy atom. The predicted molar refractivity (Wildman–Crippen MR) is 129 cm³/mol. The van der Waals surface area contributed by atoms with E-state index in [9.17, 15) is 8.42 Å². The van der Waals surface area contributed by atoms with Crippen LogP contribution in [0.25, 0.3) is 0 Å². The van der Waals surface area contributed by atoms with Gasteiger partial charge in [0, 0.05) is 5.92 Å². The van der Waals surface area contributed by atoms with Gasteiger partial charge in [0.15, 0.2) is 0 Å². The van der Waals surface area contributed by atoms with Gasteiger partial charge in [-0.25, -0.2) is 4.18 Å². The van der Waals surface area contributed by atoms with Crippen LogP contribution in [-0.4, -0.2) is 19.6 Å². The average Bonchev–Trinajstić information content (AvgIpc) is 2.70. The van der Waals surface area contributed by atoms with Gasteiger partial charge in [0.25, 0.3) is 0 Å². The first-order chi connectivity index (χ1) is 14.5. The summed E-state index contributed by atoms with van der Waals surface area (Å²) in [5.74, 6) is 0.0607. The minimum Gasteiger partial charge on any atom is -0.264 e. The van der Waals surface area contributed by atoms with Gasteiger partial charge in [-0.1, -0.05) is 129 Å². The normalized spacial score (nSPS) is 13.3. The van der Waals surface area contributed by atoms with Crippen molar-refractivity contribution in [3.05, 3.63) is 12.2 Å². The Labute approximate surface area is 188 Å². The van der Waals surface area contributed by atoms with Crippen LogP contribution >= 0.6 is 0 Å². The van der Waals surface area contributed by atoms with Gasteiger partial charge in [0.1, 0.15) is 0 Å². The van der Waals surface area contributed by atoms with Crippen molar-refractivity contribution >= 4 is 10.4 Å². The summed E-state index contributed by atoms with van der Waals surface area (Å²) in [6.45, 7) is 4.53. The van der Waals surface area contributed by atoms with Crippen LogP contribution in [0.2, 0.25) is 0 Å². The number of allylic oxidation sites excluding steroid dienone is 1. The van der Waals surface area contributed by atoms with Crippen molar-refractivity contribution in [3.63, 3.8) is 0 Å². The average molecular weight is 447 g/mol. The number of rotatable bonds is 23. The Balaban J connectivity index is 3.92. The minimum atomic E-state index is -4.36. The van der Waals surface area contributed by atoms with Crippen LogP contribution in [0.5, 0.6) is 0 Å². The highest BCUT2D eigenvalue weighted by molar-refractivity contribution is 7.80. The summed E-state index contributed by atoms with van der Waals surface area (Å²) in [4.78, 5) is 0. The molecular formula is C25H50O4S. The Morgan fingerprint density at radius 3 is 1.60 bits per heavy atom. The van der Waals surface area contributed by atoms with Gasteiger partial charge >= 0.3 is 10.4 Å². The maximum atomic E-state index is 10.9. The molecule has 0 spiro atoms. The molecule has 1 N–H and O–H groups in total. The van der Waals surface area contributed by atoms with E-state index >= 15 is 0 Å². The summed E-state index contributed by atoms with van der Waals surface area (Å²) in [7, 11) is -4.36. The SMILES string of the molecule is CCCCCCCCCC/C=C/C(CCCCCCCCCCC)COS(=O)(=O)O. The molecule has 0 heterocycles. The lowest BCUT2D eigenvalue weighted by Gasteiger charge is -2.12. The van der Waals surface area contributed by atoms with Crippen molar-refractivity contribution in [1.82, 2.24) is 0 Å². The van der Waals surface area contributed by atoms with Crippen molar-refractivity contribution in [2.24, 2.45) is 5.92 Å². The second-order valence-electron chi connectivity index (χ2n) is 8.78. The lowest BCUT2D eigenvalue weighted by Crippen LogP contribution is -2.12. The van der Waals surface area contributed by atoms with E-state index in [1.54, 1.807) is 0 Å². The zero-order valence-corrected chi connectivity index (χ0v) is 20.8. The zero-order valence-electron chi connectivity index (χ0n) is 20.0. The van der Waals surface area contributed by atoms with Crippen LogP contribution in [0.4, 0.5) is 0 Å². The third kappa shape index (κ3) is 23.9. The van der Waals surface area contributed by atoms with E-state index in [2.05, 4.69) is 30.2 Å². The molecule has 4 nitrogen and oxygen atoms in total. The van der Waals surface area contributed by atoms with E-state index in [0.717, 1.165) is 19.3 Å². The highest BCUT2D eigenvalue weighted by Crippen LogP contribution is 2.17. The molecule has 0 bridgehead atoms. The van der Waals surface area contributed by atoms with E-state index in [4.69, 9.17) is 4.55 Å². The molecule has 0 saturated carbocycles.